The molecule has 5 nitrogen and oxygen atoms in total. The normalized spacial score (nSPS) is 18.5. The van der Waals surface area contributed by atoms with E-state index in [1.807, 2.05) is 0 Å². The molecule has 1 saturated carbocycles. The van der Waals surface area contributed by atoms with E-state index in [4.69, 9.17) is 11.5 Å². The molecule has 13 heavy (non-hydrogen) atoms. The molecule has 1 aromatic rings. The molecule has 0 atom stereocenters. The van der Waals surface area contributed by atoms with E-state index < -0.39 is 5.91 Å². The summed E-state index contributed by atoms with van der Waals surface area (Å²) in [6, 6.07) is 0. The number of aromatic nitrogens is 2. The molecule has 4 N–H and O–H groups in total. The first kappa shape index (κ1) is 8.25. The summed E-state index contributed by atoms with van der Waals surface area (Å²) >= 11 is 0. The van der Waals surface area contributed by atoms with Gasteiger partial charge in [0.15, 0.2) is 0 Å². The van der Waals surface area contributed by atoms with Gasteiger partial charge in [0.2, 0.25) is 5.91 Å². The average Bonchev–Trinajstić information content (AvgIpc) is 2.62. The second-order valence-corrected chi connectivity index (χ2v) is 3.55. The van der Waals surface area contributed by atoms with Crippen LogP contribution in [0.4, 0.5) is 0 Å². The first-order valence-corrected chi connectivity index (χ1v) is 4.20. The van der Waals surface area contributed by atoms with Crippen molar-refractivity contribution in [3.05, 3.63) is 18.0 Å². The minimum atomic E-state index is -0.392. The van der Waals surface area contributed by atoms with Gasteiger partial charge in [0.25, 0.3) is 0 Å². The molecule has 0 aliphatic heterocycles. The van der Waals surface area contributed by atoms with E-state index in [1.165, 1.54) is 4.68 Å². The van der Waals surface area contributed by atoms with Crippen LogP contribution < -0.4 is 11.5 Å². The first-order valence-electron chi connectivity index (χ1n) is 4.20. The molecule has 5 heteroatoms. The van der Waals surface area contributed by atoms with Crippen LogP contribution in [0.25, 0.3) is 0 Å². The van der Waals surface area contributed by atoms with Crippen LogP contribution in [0.5, 0.6) is 0 Å². The van der Waals surface area contributed by atoms with Crippen molar-refractivity contribution in [3.63, 3.8) is 0 Å². The summed E-state index contributed by atoms with van der Waals surface area (Å²) in [4.78, 5) is 10.6. The van der Waals surface area contributed by atoms with E-state index in [0.717, 1.165) is 18.4 Å². The summed E-state index contributed by atoms with van der Waals surface area (Å²) in [5.41, 5.74) is 11.8. The molecule has 2 rings (SSSR count). The van der Waals surface area contributed by atoms with Crippen LogP contribution in [0.2, 0.25) is 0 Å². The molecule has 0 bridgehead atoms. The quantitative estimate of drug-likeness (QED) is 0.645. The van der Waals surface area contributed by atoms with E-state index in [2.05, 4.69) is 5.10 Å². The first-order chi connectivity index (χ1) is 6.10. The Labute approximate surface area is 75.7 Å². The number of nitrogens with zero attached hydrogens (tertiary/aromatic N) is 2. The fraction of sp³-hybridized carbons (Fsp3) is 0.500. The van der Waals surface area contributed by atoms with Crippen LogP contribution in [0.1, 0.15) is 18.4 Å². The molecular weight excluding hydrogens is 168 g/mol. The Kier molecular flexibility index (Phi) is 1.63. The highest BCUT2D eigenvalue weighted by molar-refractivity contribution is 5.73. The Morgan fingerprint density at radius 2 is 2.38 bits per heavy atom. The van der Waals surface area contributed by atoms with Gasteiger partial charge in [0.1, 0.15) is 6.54 Å². The highest BCUT2D eigenvalue weighted by Crippen LogP contribution is 2.42. The van der Waals surface area contributed by atoms with Gasteiger partial charge in [-0.25, -0.2) is 0 Å². The molecule has 1 amide bonds. The Hall–Kier alpha value is -1.36. The largest absolute Gasteiger partial charge is 0.368 e. The summed E-state index contributed by atoms with van der Waals surface area (Å²) in [6.45, 7) is 0.121. The molecule has 1 heterocycles. The zero-order valence-corrected chi connectivity index (χ0v) is 7.23. The summed E-state index contributed by atoms with van der Waals surface area (Å²) in [5.74, 6) is -0.392. The van der Waals surface area contributed by atoms with Crippen molar-refractivity contribution in [1.82, 2.24) is 9.78 Å². The lowest BCUT2D eigenvalue weighted by Gasteiger charge is -2.02. The van der Waals surface area contributed by atoms with Gasteiger partial charge >= 0.3 is 0 Å². The van der Waals surface area contributed by atoms with E-state index in [-0.39, 0.29) is 12.1 Å². The number of amides is 1. The Bertz CT molecular complexity index is 340. The standard InChI is InChI=1S/C8H12N4O/c9-7(13)5-12-4-6(3-11-12)8(10)1-2-8/h3-4H,1-2,5,10H2,(H2,9,13). The summed E-state index contributed by atoms with van der Waals surface area (Å²) in [5, 5.41) is 4.00. The van der Waals surface area contributed by atoms with Gasteiger partial charge in [-0.2, -0.15) is 5.10 Å². The minimum absolute atomic E-state index is 0.121. The topological polar surface area (TPSA) is 86.9 Å². The Morgan fingerprint density at radius 1 is 1.69 bits per heavy atom. The predicted octanol–water partition coefficient (Wildman–Crippen LogP) is -0.684. The zero-order chi connectivity index (χ0) is 9.47. The van der Waals surface area contributed by atoms with Gasteiger partial charge in [0.05, 0.1) is 6.20 Å². The molecule has 70 valence electrons. The molecule has 1 fully saturated rings. The average molecular weight is 180 g/mol. The van der Waals surface area contributed by atoms with Crippen LogP contribution >= 0.6 is 0 Å². The van der Waals surface area contributed by atoms with Crippen molar-refractivity contribution in [1.29, 1.82) is 0 Å². The summed E-state index contributed by atoms with van der Waals surface area (Å²) in [7, 11) is 0. The van der Waals surface area contributed by atoms with Crippen molar-refractivity contribution >= 4 is 5.91 Å². The lowest BCUT2D eigenvalue weighted by Crippen LogP contribution is -2.20. The number of hydrogen-bond acceptors (Lipinski definition) is 3. The fourth-order valence-electron chi connectivity index (χ4n) is 1.29. The number of carbonyl (C=O) groups excluding carboxylic acids is 1. The second-order valence-electron chi connectivity index (χ2n) is 3.55. The van der Waals surface area contributed by atoms with Crippen LogP contribution in [-0.4, -0.2) is 15.7 Å². The third kappa shape index (κ3) is 1.55. The number of primary amides is 1. The third-order valence-electron chi connectivity index (χ3n) is 2.31. The molecule has 1 aromatic heterocycles. The van der Waals surface area contributed by atoms with Crippen LogP contribution in [0.3, 0.4) is 0 Å². The molecular formula is C8H12N4O. The molecule has 0 aromatic carbocycles. The monoisotopic (exact) mass is 180 g/mol. The maximum Gasteiger partial charge on any atom is 0.239 e. The lowest BCUT2D eigenvalue weighted by atomic mass is 10.1. The smallest absolute Gasteiger partial charge is 0.239 e. The van der Waals surface area contributed by atoms with Crippen LogP contribution in [-0.2, 0) is 16.9 Å². The molecule has 0 saturated heterocycles. The second kappa shape index (κ2) is 2.56. The van der Waals surface area contributed by atoms with Gasteiger partial charge in [0, 0.05) is 17.3 Å². The van der Waals surface area contributed by atoms with Crippen molar-refractivity contribution in [2.75, 3.05) is 0 Å². The van der Waals surface area contributed by atoms with Gasteiger partial charge < -0.3 is 11.5 Å². The molecule has 0 unspecified atom stereocenters. The predicted molar refractivity (Wildman–Crippen MR) is 46.5 cm³/mol. The maximum absolute atomic E-state index is 10.6. The Balaban J connectivity index is 2.14. The Morgan fingerprint density at radius 3 is 2.92 bits per heavy atom. The van der Waals surface area contributed by atoms with E-state index in [1.54, 1.807) is 12.4 Å². The number of hydrogen-bond donors (Lipinski definition) is 2. The van der Waals surface area contributed by atoms with Crippen molar-refractivity contribution < 1.29 is 4.79 Å². The highest BCUT2D eigenvalue weighted by Gasteiger charge is 2.40. The fourth-order valence-corrected chi connectivity index (χ4v) is 1.29. The van der Waals surface area contributed by atoms with Crippen molar-refractivity contribution in [3.8, 4) is 0 Å². The summed E-state index contributed by atoms with van der Waals surface area (Å²) < 4.78 is 1.52. The van der Waals surface area contributed by atoms with Crippen molar-refractivity contribution in [2.24, 2.45) is 11.5 Å². The van der Waals surface area contributed by atoms with E-state index in [0.29, 0.717) is 0 Å². The number of carbonyl (C=O) groups is 1. The SMILES string of the molecule is NC(=O)Cn1cc(C2(N)CC2)cn1. The highest BCUT2D eigenvalue weighted by atomic mass is 16.1. The van der Waals surface area contributed by atoms with Gasteiger partial charge in [-0.1, -0.05) is 0 Å². The third-order valence-corrected chi connectivity index (χ3v) is 2.31. The molecule has 1 aliphatic carbocycles. The maximum atomic E-state index is 10.6. The lowest BCUT2D eigenvalue weighted by molar-refractivity contribution is -0.118. The van der Waals surface area contributed by atoms with E-state index >= 15 is 0 Å². The minimum Gasteiger partial charge on any atom is -0.368 e. The molecule has 0 radical (unpaired) electrons. The summed E-state index contributed by atoms with van der Waals surface area (Å²) in [6.07, 6.45) is 5.48. The molecule has 0 spiro atoms. The van der Waals surface area contributed by atoms with Gasteiger partial charge in [-0.05, 0) is 12.8 Å². The van der Waals surface area contributed by atoms with Crippen LogP contribution in [0, 0.1) is 0 Å². The van der Waals surface area contributed by atoms with Crippen molar-refractivity contribution in [2.45, 2.75) is 24.9 Å². The number of nitrogens with two attached hydrogens (primary N) is 2. The number of rotatable bonds is 3. The van der Waals surface area contributed by atoms with Crippen LogP contribution in [0.15, 0.2) is 12.4 Å². The van der Waals surface area contributed by atoms with E-state index in [9.17, 15) is 4.79 Å². The zero-order valence-electron chi connectivity index (χ0n) is 7.23. The molecule has 1 aliphatic rings. The van der Waals surface area contributed by atoms with Gasteiger partial charge in [-0.15, -0.1) is 0 Å². The van der Waals surface area contributed by atoms with Gasteiger partial charge in [-0.3, -0.25) is 9.48 Å².